The molecule has 0 spiro atoms. The van der Waals surface area contributed by atoms with Gasteiger partial charge in [0.15, 0.2) is 0 Å². The van der Waals surface area contributed by atoms with Gasteiger partial charge in [-0.3, -0.25) is 0 Å². The molecule has 0 saturated heterocycles. The summed E-state index contributed by atoms with van der Waals surface area (Å²) in [4.78, 5) is 0. The van der Waals surface area contributed by atoms with Crippen molar-refractivity contribution in [2.24, 2.45) is 0 Å². The summed E-state index contributed by atoms with van der Waals surface area (Å²) >= 11 is -3.40. The van der Waals surface area contributed by atoms with Gasteiger partial charge < -0.3 is 0 Å². The predicted molar refractivity (Wildman–Crippen MR) is 146 cm³/mol. The first kappa shape index (κ1) is 27.2. The van der Waals surface area contributed by atoms with Gasteiger partial charge in [-0.15, -0.1) is 0 Å². The van der Waals surface area contributed by atoms with Crippen LogP contribution in [-0.4, -0.2) is 28.2 Å². The van der Waals surface area contributed by atoms with Gasteiger partial charge in [-0.2, -0.15) is 0 Å². The topological polar surface area (TPSA) is 48.7 Å². The average molecular weight is 545 g/mol. The Labute approximate surface area is 209 Å². The molecule has 0 fully saturated rings. The van der Waals surface area contributed by atoms with Crippen LogP contribution in [-0.2, 0) is 4.43 Å². The van der Waals surface area contributed by atoms with E-state index < -0.39 is 21.6 Å². The molecule has 3 aromatic rings. The molecule has 0 amide bonds. The van der Waals surface area contributed by atoms with E-state index in [1.807, 2.05) is 18.2 Å². The molecule has 3 rings (SSSR count). The molecule has 0 saturated carbocycles. The summed E-state index contributed by atoms with van der Waals surface area (Å²) in [6.45, 7) is 9.81. The van der Waals surface area contributed by atoms with Crippen molar-refractivity contribution >= 4 is 35.4 Å². The molecule has 0 aliphatic carbocycles. The summed E-state index contributed by atoms with van der Waals surface area (Å²) in [5.74, 6) is 0. The standard InChI is InChI=1S/C28H44GeO4Si/c1-5-6-7-8-9-10-11-12-13-17-25(24-33-34(2,3)4)29(26-18-14-21-30-26,27-19-15-22-31-27)28-20-16-23-32-28/h14-16,18-23,25H,5-13,17,24H2,1-4H3. The molecule has 0 radical (unpaired) electrons. The molecular weight excluding hydrogens is 501 g/mol. The average Bonchev–Trinajstić information content (AvgIpc) is 3.60. The molecular formula is C28H44GeO4Si. The second-order valence-electron chi connectivity index (χ2n) is 10.5. The fraction of sp³-hybridized carbons (Fsp3) is 0.571. The third-order valence-electron chi connectivity index (χ3n) is 6.72. The second kappa shape index (κ2) is 13.6. The van der Waals surface area contributed by atoms with Crippen LogP contribution < -0.4 is 13.8 Å². The number of furan rings is 3. The fourth-order valence-corrected chi connectivity index (χ4v) is 16.0. The molecule has 3 aromatic heterocycles. The van der Waals surface area contributed by atoms with Crippen LogP contribution in [0.25, 0.3) is 0 Å². The van der Waals surface area contributed by atoms with Crippen LogP contribution in [0, 0.1) is 0 Å². The Kier molecular flexibility index (Phi) is 10.9. The molecule has 0 bridgehead atoms. The van der Waals surface area contributed by atoms with Crippen LogP contribution in [0.15, 0.2) is 68.4 Å². The number of rotatable bonds is 17. The zero-order valence-corrected chi connectivity index (χ0v) is 24.8. The molecule has 1 unspecified atom stereocenters. The van der Waals surface area contributed by atoms with E-state index >= 15 is 0 Å². The van der Waals surface area contributed by atoms with E-state index in [1.54, 1.807) is 18.8 Å². The first-order valence-electron chi connectivity index (χ1n) is 13.2. The molecule has 1 atom stereocenters. The van der Waals surface area contributed by atoms with Crippen LogP contribution in [0.3, 0.4) is 0 Å². The maximum atomic E-state index is 6.59. The van der Waals surface area contributed by atoms with Crippen molar-refractivity contribution in [2.75, 3.05) is 6.61 Å². The van der Waals surface area contributed by atoms with Crippen molar-refractivity contribution in [3.8, 4) is 0 Å². The van der Waals surface area contributed by atoms with Gasteiger partial charge in [-0.25, -0.2) is 0 Å². The Balaban J connectivity index is 1.81. The van der Waals surface area contributed by atoms with Gasteiger partial charge in [-0.1, -0.05) is 0 Å². The summed E-state index contributed by atoms with van der Waals surface area (Å²) in [7, 11) is -1.69. The maximum absolute atomic E-state index is 6.59. The molecule has 0 aromatic carbocycles. The number of hydrogen-bond donors (Lipinski definition) is 0. The van der Waals surface area contributed by atoms with Crippen LogP contribution in [0.5, 0.6) is 0 Å². The molecule has 4 nitrogen and oxygen atoms in total. The van der Waals surface area contributed by atoms with Crippen LogP contribution >= 0.6 is 0 Å². The first-order valence-corrected chi connectivity index (χ1v) is 21.0. The van der Waals surface area contributed by atoms with E-state index in [2.05, 4.69) is 44.8 Å². The van der Waals surface area contributed by atoms with E-state index in [0.717, 1.165) is 26.8 Å². The van der Waals surface area contributed by atoms with Gasteiger partial charge in [0.1, 0.15) is 0 Å². The van der Waals surface area contributed by atoms with E-state index in [1.165, 1.54) is 57.8 Å². The Morgan fingerprint density at radius 2 is 1.15 bits per heavy atom. The van der Waals surface area contributed by atoms with E-state index in [9.17, 15) is 0 Å². The molecule has 0 aliphatic rings. The van der Waals surface area contributed by atoms with Crippen LogP contribution in [0.1, 0.15) is 71.1 Å². The molecule has 34 heavy (non-hydrogen) atoms. The Morgan fingerprint density at radius 3 is 1.53 bits per heavy atom. The number of hydrogen-bond acceptors (Lipinski definition) is 4. The van der Waals surface area contributed by atoms with Gasteiger partial charge in [0.2, 0.25) is 0 Å². The Morgan fingerprint density at radius 1 is 0.706 bits per heavy atom. The minimum atomic E-state index is -3.40. The zero-order chi connectivity index (χ0) is 24.3. The molecule has 3 heterocycles. The summed E-state index contributed by atoms with van der Waals surface area (Å²) in [5.41, 5.74) is 0. The molecule has 188 valence electrons. The van der Waals surface area contributed by atoms with Gasteiger partial charge in [0, 0.05) is 0 Å². The Bertz CT molecular complexity index is 797. The Hall–Kier alpha value is -1.44. The monoisotopic (exact) mass is 546 g/mol. The van der Waals surface area contributed by atoms with E-state index in [-0.39, 0.29) is 0 Å². The van der Waals surface area contributed by atoms with Gasteiger partial charge >= 0.3 is 210 Å². The summed E-state index contributed by atoms with van der Waals surface area (Å²) < 4.78 is 28.5. The van der Waals surface area contributed by atoms with Crippen LogP contribution in [0.4, 0.5) is 0 Å². The third kappa shape index (κ3) is 7.28. The van der Waals surface area contributed by atoms with Gasteiger partial charge in [-0.05, 0) is 0 Å². The van der Waals surface area contributed by atoms with Crippen molar-refractivity contribution in [1.82, 2.24) is 0 Å². The van der Waals surface area contributed by atoms with Gasteiger partial charge in [0.05, 0.1) is 0 Å². The zero-order valence-electron chi connectivity index (χ0n) is 21.7. The van der Waals surface area contributed by atoms with Crippen LogP contribution in [0.2, 0.25) is 24.4 Å². The van der Waals surface area contributed by atoms with Crippen molar-refractivity contribution in [3.05, 3.63) is 55.2 Å². The van der Waals surface area contributed by atoms with Crippen molar-refractivity contribution in [1.29, 1.82) is 0 Å². The number of unbranched alkanes of at least 4 members (excludes halogenated alkanes) is 8. The van der Waals surface area contributed by atoms with Gasteiger partial charge in [0.25, 0.3) is 0 Å². The second-order valence-corrected chi connectivity index (χ2v) is 23.2. The third-order valence-corrected chi connectivity index (χ3v) is 18.0. The van der Waals surface area contributed by atoms with E-state index in [0.29, 0.717) is 4.75 Å². The SMILES string of the molecule is CCCCCCCCCCC[CH](CO[Si](C)(C)C)[Ge]([c]1ccco1)([c]1ccco1)[c]1ccco1. The summed E-state index contributed by atoms with van der Waals surface area (Å²) in [6.07, 6.45) is 18.4. The summed E-state index contributed by atoms with van der Waals surface area (Å²) in [5, 5.41) is 0. The predicted octanol–water partition coefficient (Wildman–Crippen LogP) is 7.08. The molecule has 0 N–H and O–H groups in total. The van der Waals surface area contributed by atoms with Crippen molar-refractivity contribution in [3.63, 3.8) is 0 Å². The minimum absolute atomic E-state index is 0.319. The normalized spacial score (nSPS) is 13.4. The molecule has 6 heteroatoms. The first-order chi connectivity index (χ1) is 16.5. The van der Waals surface area contributed by atoms with Crippen molar-refractivity contribution < 1.29 is 17.7 Å². The van der Waals surface area contributed by atoms with E-state index in [4.69, 9.17) is 17.7 Å². The molecule has 0 aliphatic heterocycles. The van der Waals surface area contributed by atoms with Crippen molar-refractivity contribution in [2.45, 2.75) is 95.5 Å². The summed E-state index contributed by atoms with van der Waals surface area (Å²) in [6, 6.07) is 12.4. The quantitative estimate of drug-likeness (QED) is 0.134. The fourth-order valence-electron chi connectivity index (χ4n) is 4.95.